The lowest BCUT2D eigenvalue weighted by Gasteiger charge is -2.39. The molecule has 1 saturated carbocycles. The van der Waals surface area contributed by atoms with Crippen molar-refractivity contribution in [3.8, 4) is 5.88 Å². The van der Waals surface area contributed by atoms with Crippen LogP contribution in [0.4, 0.5) is 11.8 Å². The Morgan fingerprint density at radius 3 is 3.00 bits per heavy atom. The van der Waals surface area contributed by atoms with Crippen molar-refractivity contribution < 1.29 is 9.84 Å². The van der Waals surface area contributed by atoms with Gasteiger partial charge in [-0.2, -0.15) is 9.97 Å². The highest BCUT2D eigenvalue weighted by Crippen LogP contribution is 2.34. The van der Waals surface area contributed by atoms with Crippen LogP contribution in [0.2, 0.25) is 0 Å². The minimum Gasteiger partial charge on any atom is -0.481 e. The van der Waals surface area contributed by atoms with Crippen LogP contribution in [0.3, 0.4) is 0 Å². The van der Waals surface area contributed by atoms with Crippen LogP contribution in [-0.2, 0) is 0 Å². The number of nitrogens with one attached hydrogen (secondary N) is 1. The summed E-state index contributed by atoms with van der Waals surface area (Å²) in [6, 6.07) is 1.70. The van der Waals surface area contributed by atoms with E-state index in [2.05, 4.69) is 22.2 Å². The van der Waals surface area contributed by atoms with E-state index in [1.54, 1.807) is 6.07 Å². The van der Waals surface area contributed by atoms with Gasteiger partial charge < -0.3 is 20.9 Å². The van der Waals surface area contributed by atoms with Gasteiger partial charge in [0.15, 0.2) is 0 Å². The van der Waals surface area contributed by atoms with Crippen LogP contribution in [0.25, 0.3) is 0 Å². The first-order chi connectivity index (χ1) is 9.07. The number of anilines is 2. The third-order valence-corrected chi connectivity index (χ3v) is 3.72. The van der Waals surface area contributed by atoms with Crippen molar-refractivity contribution in [1.29, 1.82) is 0 Å². The number of aliphatic hydroxyl groups is 1. The minimum absolute atomic E-state index is 0.0869. The number of nitrogen functional groups attached to an aromatic ring is 1. The Kier molecular flexibility index (Phi) is 4.09. The van der Waals surface area contributed by atoms with E-state index in [0.29, 0.717) is 17.6 Å². The first-order valence-electron chi connectivity index (χ1n) is 6.64. The van der Waals surface area contributed by atoms with Gasteiger partial charge in [0.05, 0.1) is 19.3 Å². The monoisotopic (exact) mass is 266 g/mol. The maximum absolute atomic E-state index is 9.75. The number of aliphatic hydroxyl groups excluding tert-OH is 1. The van der Waals surface area contributed by atoms with Crippen molar-refractivity contribution in [2.75, 3.05) is 24.8 Å². The summed E-state index contributed by atoms with van der Waals surface area (Å²) in [5.74, 6) is 1.78. The molecule has 1 aromatic rings. The van der Waals surface area contributed by atoms with Gasteiger partial charge in [-0.15, -0.1) is 0 Å². The fourth-order valence-corrected chi connectivity index (χ4v) is 2.84. The maximum Gasteiger partial charge on any atom is 0.225 e. The number of methoxy groups -OCH3 is 1. The molecule has 1 fully saturated rings. The van der Waals surface area contributed by atoms with Gasteiger partial charge in [-0.3, -0.25) is 0 Å². The van der Waals surface area contributed by atoms with Gasteiger partial charge in [-0.25, -0.2) is 0 Å². The molecule has 0 spiro atoms. The molecule has 2 atom stereocenters. The third kappa shape index (κ3) is 3.26. The molecule has 1 aliphatic carbocycles. The summed E-state index contributed by atoms with van der Waals surface area (Å²) >= 11 is 0. The predicted octanol–water partition coefficient (Wildman–Crippen LogP) is 1.42. The van der Waals surface area contributed by atoms with Gasteiger partial charge in [-0.1, -0.05) is 19.8 Å². The molecule has 0 aromatic carbocycles. The van der Waals surface area contributed by atoms with E-state index < -0.39 is 0 Å². The van der Waals surface area contributed by atoms with E-state index in [4.69, 9.17) is 10.5 Å². The van der Waals surface area contributed by atoms with E-state index in [1.165, 1.54) is 13.5 Å². The predicted molar refractivity (Wildman–Crippen MR) is 74.1 cm³/mol. The normalized spacial score (nSPS) is 27.0. The van der Waals surface area contributed by atoms with Crippen LogP contribution in [0, 0.1) is 5.92 Å². The van der Waals surface area contributed by atoms with Gasteiger partial charge >= 0.3 is 0 Å². The summed E-state index contributed by atoms with van der Waals surface area (Å²) in [4.78, 5) is 8.11. The number of hydrogen-bond acceptors (Lipinski definition) is 6. The zero-order valence-electron chi connectivity index (χ0n) is 11.5. The third-order valence-electron chi connectivity index (χ3n) is 3.72. The second-order valence-corrected chi connectivity index (χ2v) is 5.42. The molecule has 1 heterocycles. The highest BCUT2D eigenvalue weighted by Gasteiger charge is 2.34. The number of nitrogens with zero attached hydrogens (tertiary/aromatic N) is 2. The Balaban J connectivity index is 2.20. The minimum atomic E-state index is -0.316. The van der Waals surface area contributed by atoms with Crippen molar-refractivity contribution in [2.24, 2.45) is 5.92 Å². The number of aromatic nitrogens is 2. The summed E-state index contributed by atoms with van der Waals surface area (Å²) in [6.07, 6.45) is 4.17. The van der Waals surface area contributed by atoms with Crippen molar-refractivity contribution in [1.82, 2.24) is 9.97 Å². The zero-order chi connectivity index (χ0) is 13.9. The molecule has 0 saturated heterocycles. The molecule has 6 heteroatoms. The summed E-state index contributed by atoms with van der Waals surface area (Å²) in [5.41, 5.74) is 5.33. The second-order valence-electron chi connectivity index (χ2n) is 5.42. The summed E-state index contributed by atoms with van der Waals surface area (Å²) in [5, 5.41) is 13.1. The second kappa shape index (κ2) is 5.61. The molecule has 1 aliphatic rings. The van der Waals surface area contributed by atoms with Gasteiger partial charge in [0.1, 0.15) is 5.82 Å². The van der Waals surface area contributed by atoms with Crippen LogP contribution in [0.15, 0.2) is 6.07 Å². The van der Waals surface area contributed by atoms with Gasteiger partial charge in [0, 0.05) is 6.07 Å². The first-order valence-corrected chi connectivity index (χ1v) is 6.64. The molecule has 0 radical (unpaired) electrons. The molecule has 6 nitrogen and oxygen atoms in total. The Hall–Kier alpha value is -1.56. The Morgan fingerprint density at radius 2 is 2.37 bits per heavy atom. The molecule has 2 unspecified atom stereocenters. The molecular weight excluding hydrogens is 244 g/mol. The molecule has 19 heavy (non-hydrogen) atoms. The average Bonchev–Trinajstić information content (AvgIpc) is 2.38. The molecule has 0 aliphatic heterocycles. The molecule has 4 N–H and O–H groups in total. The van der Waals surface area contributed by atoms with E-state index in [1.807, 2.05) is 0 Å². The van der Waals surface area contributed by atoms with E-state index in [0.717, 1.165) is 19.3 Å². The molecule has 1 aromatic heterocycles. The van der Waals surface area contributed by atoms with Gasteiger partial charge in [0.2, 0.25) is 11.8 Å². The summed E-state index contributed by atoms with van der Waals surface area (Å²) < 4.78 is 5.08. The average molecular weight is 266 g/mol. The topological polar surface area (TPSA) is 93.3 Å². The van der Waals surface area contributed by atoms with Crippen molar-refractivity contribution in [2.45, 2.75) is 38.1 Å². The largest absolute Gasteiger partial charge is 0.481 e. The van der Waals surface area contributed by atoms with E-state index >= 15 is 0 Å². The van der Waals surface area contributed by atoms with Gasteiger partial charge in [-0.05, 0) is 18.8 Å². The van der Waals surface area contributed by atoms with E-state index in [9.17, 15) is 5.11 Å². The molecule has 0 bridgehead atoms. The van der Waals surface area contributed by atoms with Crippen LogP contribution in [0.1, 0.15) is 32.6 Å². The first kappa shape index (κ1) is 13.9. The Morgan fingerprint density at radius 1 is 1.58 bits per heavy atom. The number of rotatable bonds is 4. The lowest BCUT2D eigenvalue weighted by molar-refractivity contribution is 0.149. The highest BCUT2D eigenvalue weighted by atomic mass is 16.5. The van der Waals surface area contributed by atoms with Crippen LogP contribution >= 0.6 is 0 Å². The quantitative estimate of drug-likeness (QED) is 0.763. The standard InChI is InChI=1S/C13H22N4O2/c1-9-4-3-5-13(7-9,8-18)17-10-6-11(19-2)16-12(14)15-10/h6,9,18H,3-5,7-8H2,1-2H3,(H3,14,15,16,17). The fourth-order valence-electron chi connectivity index (χ4n) is 2.84. The Labute approximate surface area is 113 Å². The van der Waals surface area contributed by atoms with Crippen LogP contribution < -0.4 is 15.8 Å². The lowest BCUT2D eigenvalue weighted by Crippen LogP contribution is -2.46. The molecular formula is C13H22N4O2. The van der Waals surface area contributed by atoms with E-state index in [-0.39, 0.29) is 18.1 Å². The molecule has 2 rings (SSSR count). The summed E-state index contributed by atoms with van der Waals surface area (Å²) in [6.45, 7) is 2.30. The maximum atomic E-state index is 9.75. The smallest absolute Gasteiger partial charge is 0.225 e. The van der Waals surface area contributed by atoms with Gasteiger partial charge in [0.25, 0.3) is 0 Å². The highest BCUT2D eigenvalue weighted by molar-refractivity contribution is 5.45. The number of nitrogens with two attached hydrogens (primary N) is 1. The van der Waals surface area contributed by atoms with Crippen molar-refractivity contribution in [3.05, 3.63) is 6.07 Å². The fraction of sp³-hybridized carbons (Fsp3) is 0.692. The Bertz CT molecular complexity index is 441. The van der Waals surface area contributed by atoms with Crippen LogP contribution in [0.5, 0.6) is 5.88 Å². The lowest BCUT2D eigenvalue weighted by atomic mass is 9.77. The molecule has 106 valence electrons. The summed E-state index contributed by atoms with van der Waals surface area (Å²) in [7, 11) is 1.54. The number of ether oxygens (including phenoxy) is 1. The molecule has 0 amide bonds. The SMILES string of the molecule is COc1cc(NC2(CO)CCCC(C)C2)nc(N)n1. The number of hydrogen-bond donors (Lipinski definition) is 3. The van der Waals surface area contributed by atoms with Crippen molar-refractivity contribution in [3.63, 3.8) is 0 Å². The zero-order valence-corrected chi connectivity index (χ0v) is 11.5. The van der Waals surface area contributed by atoms with Crippen LogP contribution in [-0.4, -0.2) is 34.3 Å². The van der Waals surface area contributed by atoms with Crippen molar-refractivity contribution >= 4 is 11.8 Å².